The van der Waals surface area contributed by atoms with Crippen molar-refractivity contribution in [2.45, 2.75) is 26.5 Å². The van der Waals surface area contributed by atoms with Gasteiger partial charge in [-0.3, -0.25) is 9.59 Å². The predicted octanol–water partition coefficient (Wildman–Crippen LogP) is 4.94. The summed E-state index contributed by atoms with van der Waals surface area (Å²) in [5, 5.41) is 6.85. The molecule has 2 amide bonds. The molecule has 35 heavy (non-hydrogen) atoms. The lowest BCUT2D eigenvalue weighted by Crippen LogP contribution is -2.48. The van der Waals surface area contributed by atoms with E-state index in [0.29, 0.717) is 33.7 Å². The molecule has 0 spiro atoms. The summed E-state index contributed by atoms with van der Waals surface area (Å²) in [7, 11) is 1.56. The van der Waals surface area contributed by atoms with Crippen LogP contribution < -0.4 is 20.2 Å². The average molecular weight is 538 g/mol. The number of hydrazone groups is 1. The highest BCUT2D eigenvalue weighted by molar-refractivity contribution is 9.10. The second-order valence-corrected chi connectivity index (χ2v) is 8.96. The number of nitrogens with zero attached hydrogens (tertiary/aromatic N) is 1. The summed E-state index contributed by atoms with van der Waals surface area (Å²) in [4.78, 5) is 25.2. The maximum atomic E-state index is 12.7. The smallest absolute Gasteiger partial charge is 0.262 e. The molecule has 0 aliphatic rings. The molecule has 0 aliphatic carbocycles. The summed E-state index contributed by atoms with van der Waals surface area (Å²) >= 11 is 3.52. The molecule has 0 saturated heterocycles. The number of carbonyl (C=O) groups is 2. The topological polar surface area (TPSA) is 89.0 Å². The predicted molar refractivity (Wildman–Crippen MR) is 140 cm³/mol. The van der Waals surface area contributed by atoms with Crippen LogP contribution in [0.1, 0.15) is 35.3 Å². The monoisotopic (exact) mass is 537 g/mol. The van der Waals surface area contributed by atoms with Gasteiger partial charge in [0, 0.05) is 5.56 Å². The van der Waals surface area contributed by atoms with Crippen molar-refractivity contribution in [1.29, 1.82) is 0 Å². The minimum atomic E-state index is -0.741. The van der Waals surface area contributed by atoms with Crippen LogP contribution in [0.3, 0.4) is 0 Å². The van der Waals surface area contributed by atoms with Gasteiger partial charge in [0.2, 0.25) is 0 Å². The van der Waals surface area contributed by atoms with Gasteiger partial charge in [0.05, 0.1) is 17.8 Å². The van der Waals surface area contributed by atoms with Crippen molar-refractivity contribution in [3.8, 4) is 11.5 Å². The van der Waals surface area contributed by atoms with E-state index in [9.17, 15) is 9.59 Å². The Morgan fingerprint density at radius 1 is 1.03 bits per heavy atom. The molecule has 3 aromatic rings. The van der Waals surface area contributed by atoms with Crippen LogP contribution in [-0.2, 0) is 11.4 Å². The Morgan fingerprint density at radius 3 is 2.31 bits per heavy atom. The lowest BCUT2D eigenvalue weighted by molar-refractivity contribution is -0.123. The van der Waals surface area contributed by atoms with Gasteiger partial charge >= 0.3 is 0 Å². The Kier molecular flexibility index (Phi) is 9.43. The summed E-state index contributed by atoms with van der Waals surface area (Å²) in [6.45, 7) is 4.11. The fourth-order valence-electron chi connectivity index (χ4n) is 3.27. The highest BCUT2D eigenvalue weighted by Gasteiger charge is 2.24. The second kappa shape index (κ2) is 12.7. The van der Waals surface area contributed by atoms with Crippen molar-refractivity contribution in [2.24, 2.45) is 11.0 Å². The number of benzene rings is 3. The first-order chi connectivity index (χ1) is 16.9. The third-order valence-corrected chi connectivity index (χ3v) is 5.73. The largest absolute Gasteiger partial charge is 0.493 e. The molecule has 0 heterocycles. The molecule has 8 heteroatoms. The second-order valence-electron chi connectivity index (χ2n) is 8.10. The molecule has 1 atom stereocenters. The Labute approximate surface area is 213 Å². The first kappa shape index (κ1) is 26.0. The average Bonchev–Trinajstić information content (AvgIpc) is 2.87. The number of ether oxygens (including phenoxy) is 2. The Morgan fingerprint density at radius 2 is 1.69 bits per heavy atom. The van der Waals surface area contributed by atoms with Crippen LogP contribution in [0, 0.1) is 5.92 Å². The van der Waals surface area contributed by atoms with Gasteiger partial charge in [0.25, 0.3) is 11.8 Å². The lowest BCUT2D eigenvalue weighted by Gasteiger charge is -2.20. The zero-order valence-electron chi connectivity index (χ0n) is 19.8. The maximum Gasteiger partial charge on any atom is 0.262 e. The third kappa shape index (κ3) is 7.42. The van der Waals surface area contributed by atoms with E-state index in [-0.39, 0.29) is 11.8 Å². The van der Waals surface area contributed by atoms with Gasteiger partial charge in [-0.15, -0.1) is 0 Å². The van der Waals surface area contributed by atoms with Gasteiger partial charge in [-0.1, -0.05) is 62.4 Å². The summed E-state index contributed by atoms with van der Waals surface area (Å²) in [6.07, 6.45) is 1.50. The molecule has 182 valence electrons. The van der Waals surface area contributed by atoms with Crippen molar-refractivity contribution < 1.29 is 19.1 Å². The zero-order valence-corrected chi connectivity index (χ0v) is 21.4. The van der Waals surface area contributed by atoms with E-state index in [4.69, 9.17) is 9.47 Å². The fraction of sp³-hybridized carbons (Fsp3) is 0.222. The van der Waals surface area contributed by atoms with Crippen LogP contribution in [0.25, 0.3) is 0 Å². The first-order valence-electron chi connectivity index (χ1n) is 11.1. The van der Waals surface area contributed by atoms with Crippen molar-refractivity contribution in [3.63, 3.8) is 0 Å². The summed E-state index contributed by atoms with van der Waals surface area (Å²) in [5.74, 6) is 0.241. The van der Waals surface area contributed by atoms with Crippen molar-refractivity contribution in [2.75, 3.05) is 7.11 Å². The molecule has 2 N–H and O–H groups in total. The van der Waals surface area contributed by atoms with E-state index in [2.05, 4.69) is 31.8 Å². The number of halogens is 1. The Bertz CT molecular complexity index is 1170. The van der Waals surface area contributed by atoms with Crippen LogP contribution in [0.2, 0.25) is 0 Å². The summed E-state index contributed by atoms with van der Waals surface area (Å²) in [6, 6.07) is 21.4. The van der Waals surface area contributed by atoms with E-state index in [0.717, 1.165) is 5.56 Å². The van der Waals surface area contributed by atoms with Crippen LogP contribution >= 0.6 is 15.9 Å². The molecule has 0 aromatic heterocycles. The fourth-order valence-corrected chi connectivity index (χ4v) is 3.85. The highest BCUT2D eigenvalue weighted by Crippen LogP contribution is 2.36. The van der Waals surface area contributed by atoms with E-state index >= 15 is 0 Å². The van der Waals surface area contributed by atoms with Crippen LogP contribution in [0.15, 0.2) is 82.4 Å². The number of carbonyl (C=O) groups excluding carboxylic acids is 2. The van der Waals surface area contributed by atoms with E-state index in [1.54, 1.807) is 37.4 Å². The Hall–Kier alpha value is -3.65. The molecule has 0 saturated carbocycles. The minimum Gasteiger partial charge on any atom is -0.493 e. The first-order valence-corrected chi connectivity index (χ1v) is 11.9. The van der Waals surface area contributed by atoms with Gasteiger partial charge in [-0.25, -0.2) is 5.43 Å². The van der Waals surface area contributed by atoms with Crippen LogP contribution in [0.5, 0.6) is 11.5 Å². The minimum absolute atomic E-state index is 0.131. The highest BCUT2D eigenvalue weighted by atomic mass is 79.9. The Balaban J connectivity index is 1.65. The van der Waals surface area contributed by atoms with Crippen LogP contribution in [0.4, 0.5) is 0 Å². The molecule has 0 aliphatic heterocycles. The SMILES string of the molecule is COc1cc(/C=N/NC(=O)C(NC(=O)c2ccccc2)C(C)C)cc(Br)c1OCc1ccccc1. The van der Waals surface area contributed by atoms with Gasteiger partial charge < -0.3 is 14.8 Å². The quantitative estimate of drug-likeness (QED) is 0.283. The molecule has 3 aromatic carbocycles. The maximum absolute atomic E-state index is 12.7. The molecule has 0 radical (unpaired) electrons. The van der Waals surface area contributed by atoms with Gasteiger partial charge in [0.15, 0.2) is 11.5 Å². The van der Waals surface area contributed by atoms with Gasteiger partial charge in [0.1, 0.15) is 12.6 Å². The molecular weight excluding hydrogens is 510 g/mol. The number of hydrogen-bond donors (Lipinski definition) is 2. The number of nitrogens with one attached hydrogen (secondary N) is 2. The van der Waals surface area contributed by atoms with E-state index in [1.807, 2.05) is 56.3 Å². The van der Waals surface area contributed by atoms with Gasteiger partial charge in [-0.05, 0) is 57.2 Å². The van der Waals surface area contributed by atoms with Gasteiger partial charge in [-0.2, -0.15) is 5.10 Å². The lowest BCUT2D eigenvalue weighted by atomic mass is 10.0. The number of hydrogen-bond acceptors (Lipinski definition) is 5. The summed E-state index contributed by atoms with van der Waals surface area (Å²) in [5.41, 5.74) is 4.73. The van der Waals surface area contributed by atoms with E-state index < -0.39 is 11.9 Å². The summed E-state index contributed by atoms with van der Waals surface area (Å²) < 4.78 is 12.1. The molecule has 7 nitrogen and oxygen atoms in total. The molecule has 0 fully saturated rings. The van der Waals surface area contributed by atoms with Crippen LogP contribution in [-0.4, -0.2) is 31.2 Å². The normalized spacial score (nSPS) is 11.8. The standard InChI is InChI=1S/C27H28BrN3O4/c1-18(2)24(30-26(32)21-12-8-5-9-13-21)27(33)31-29-16-20-14-22(28)25(23(15-20)34-3)35-17-19-10-6-4-7-11-19/h4-16,18,24H,17H2,1-3H3,(H,30,32)(H,31,33)/b29-16+. The van der Waals surface area contributed by atoms with Crippen molar-refractivity contribution in [3.05, 3.63) is 94.0 Å². The number of rotatable bonds is 10. The van der Waals surface area contributed by atoms with Crippen molar-refractivity contribution >= 4 is 34.0 Å². The van der Waals surface area contributed by atoms with Crippen molar-refractivity contribution in [1.82, 2.24) is 10.7 Å². The number of methoxy groups -OCH3 is 1. The van der Waals surface area contributed by atoms with E-state index in [1.165, 1.54) is 6.21 Å². The molecular formula is C27H28BrN3O4. The number of amides is 2. The molecule has 3 rings (SSSR count). The third-order valence-electron chi connectivity index (χ3n) is 5.14. The molecule has 0 bridgehead atoms. The molecule has 1 unspecified atom stereocenters. The zero-order chi connectivity index (χ0) is 25.2.